The van der Waals surface area contributed by atoms with Gasteiger partial charge in [0, 0.05) is 23.6 Å². The maximum absolute atomic E-state index is 12.8. The maximum atomic E-state index is 12.8. The fraction of sp³-hybridized carbons (Fsp3) is 0.300. The molecule has 0 atom stereocenters. The summed E-state index contributed by atoms with van der Waals surface area (Å²) in [6.07, 6.45) is 0. The molecule has 10 heteroatoms. The van der Waals surface area contributed by atoms with E-state index in [2.05, 4.69) is 11.9 Å². The molecule has 30 heavy (non-hydrogen) atoms. The molecule has 1 aromatic heterocycles. The summed E-state index contributed by atoms with van der Waals surface area (Å²) in [6.45, 7) is 5.47. The number of thioether (sulfide) groups is 1. The Hall–Kier alpha value is -1.98. The van der Waals surface area contributed by atoms with E-state index in [1.54, 1.807) is 23.9 Å². The number of hydrogen-bond donors (Lipinski definition) is 1. The average Bonchev–Trinajstić information content (AvgIpc) is 3.04. The minimum atomic E-state index is -3.82. The first-order chi connectivity index (χ1) is 14.3. The van der Waals surface area contributed by atoms with E-state index in [-0.39, 0.29) is 10.8 Å². The van der Waals surface area contributed by atoms with Gasteiger partial charge in [0.25, 0.3) is 5.91 Å². The second-order valence-electron chi connectivity index (χ2n) is 6.29. The van der Waals surface area contributed by atoms with Crippen LogP contribution >= 0.6 is 23.1 Å². The monoisotopic (exact) mass is 465 g/mol. The van der Waals surface area contributed by atoms with E-state index in [1.165, 1.54) is 23.5 Å². The van der Waals surface area contributed by atoms with Crippen molar-refractivity contribution in [2.75, 3.05) is 19.0 Å². The third-order valence-electron chi connectivity index (χ3n) is 4.24. The van der Waals surface area contributed by atoms with Crippen molar-refractivity contribution in [3.8, 4) is 0 Å². The second-order valence-corrected chi connectivity index (χ2v) is 10.2. The molecular weight excluding hydrogens is 442 g/mol. The number of hydrogen-bond acceptors (Lipinski definition) is 6. The molecule has 0 radical (unpaired) electrons. The van der Waals surface area contributed by atoms with Crippen molar-refractivity contribution in [3.63, 3.8) is 0 Å². The molecule has 0 bridgehead atoms. The predicted octanol–water partition coefficient (Wildman–Crippen LogP) is 3.24. The normalized spacial score (nSPS) is 12.6. The van der Waals surface area contributed by atoms with Gasteiger partial charge in [-0.25, -0.2) is 13.6 Å². The second kappa shape index (κ2) is 9.88. The Bertz CT molecular complexity index is 1230. The van der Waals surface area contributed by atoms with Crippen molar-refractivity contribution in [2.24, 2.45) is 10.1 Å². The van der Waals surface area contributed by atoms with Gasteiger partial charge in [-0.2, -0.15) is 4.99 Å². The molecule has 3 aromatic rings. The Balaban J connectivity index is 2.08. The van der Waals surface area contributed by atoms with E-state index >= 15 is 0 Å². The van der Waals surface area contributed by atoms with Crippen molar-refractivity contribution < 1.29 is 17.9 Å². The number of carbonyl (C=O) groups excluding carboxylic acids is 1. The van der Waals surface area contributed by atoms with Crippen LogP contribution in [0.5, 0.6) is 0 Å². The minimum Gasteiger partial charge on any atom is -0.380 e. The average molecular weight is 466 g/mol. The van der Waals surface area contributed by atoms with Crippen LogP contribution in [0, 0.1) is 0 Å². The summed E-state index contributed by atoms with van der Waals surface area (Å²) in [4.78, 5) is 18.7. The predicted molar refractivity (Wildman–Crippen MR) is 120 cm³/mol. The van der Waals surface area contributed by atoms with E-state index < -0.39 is 10.0 Å². The number of amides is 1. The smallest absolute Gasteiger partial charge is 0.279 e. The van der Waals surface area contributed by atoms with Crippen LogP contribution in [-0.4, -0.2) is 37.9 Å². The Kier molecular flexibility index (Phi) is 7.48. The lowest BCUT2D eigenvalue weighted by molar-refractivity contribution is 0.0996. The molecule has 0 aliphatic rings. The third-order valence-corrected chi connectivity index (χ3v) is 7.06. The minimum absolute atomic E-state index is 0.0235. The highest BCUT2D eigenvalue weighted by Gasteiger charge is 2.14. The van der Waals surface area contributed by atoms with Crippen LogP contribution in [0.2, 0.25) is 0 Å². The third kappa shape index (κ3) is 5.38. The van der Waals surface area contributed by atoms with Crippen LogP contribution in [0.4, 0.5) is 0 Å². The number of primary sulfonamides is 1. The highest BCUT2D eigenvalue weighted by molar-refractivity contribution is 7.99. The zero-order valence-electron chi connectivity index (χ0n) is 16.7. The summed E-state index contributed by atoms with van der Waals surface area (Å²) in [5.41, 5.74) is 1.28. The lowest BCUT2D eigenvalue weighted by Gasteiger charge is -2.06. The molecule has 3 rings (SSSR count). The van der Waals surface area contributed by atoms with E-state index in [1.807, 2.05) is 29.7 Å². The van der Waals surface area contributed by atoms with Gasteiger partial charge in [-0.15, -0.1) is 11.8 Å². The molecule has 2 N–H and O–H groups in total. The molecular formula is C20H23N3O4S3. The molecule has 0 unspecified atom stereocenters. The first-order valence-electron chi connectivity index (χ1n) is 9.39. The highest BCUT2D eigenvalue weighted by atomic mass is 32.2. The zero-order valence-corrected chi connectivity index (χ0v) is 19.1. The summed E-state index contributed by atoms with van der Waals surface area (Å²) >= 11 is 2.90. The van der Waals surface area contributed by atoms with Crippen LogP contribution in [0.1, 0.15) is 24.2 Å². The van der Waals surface area contributed by atoms with E-state index in [9.17, 15) is 13.2 Å². The summed E-state index contributed by atoms with van der Waals surface area (Å²) < 4.78 is 31.4. The van der Waals surface area contributed by atoms with Crippen LogP contribution in [0.3, 0.4) is 0 Å². The molecule has 2 aromatic carbocycles. The van der Waals surface area contributed by atoms with Crippen molar-refractivity contribution in [2.45, 2.75) is 30.2 Å². The van der Waals surface area contributed by atoms with Gasteiger partial charge >= 0.3 is 0 Å². The Labute approximate surface area is 183 Å². The van der Waals surface area contributed by atoms with Crippen molar-refractivity contribution in [1.82, 2.24) is 4.57 Å². The van der Waals surface area contributed by atoms with Crippen LogP contribution in [-0.2, 0) is 21.3 Å². The number of carbonyl (C=O) groups is 1. The van der Waals surface area contributed by atoms with Gasteiger partial charge in [0.2, 0.25) is 10.0 Å². The summed E-state index contributed by atoms with van der Waals surface area (Å²) in [6, 6.07) is 12.0. The molecule has 0 saturated carbocycles. The highest BCUT2D eigenvalue weighted by Crippen LogP contribution is 2.22. The molecule has 1 amide bonds. The van der Waals surface area contributed by atoms with Crippen LogP contribution < -0.4 is 9.94 Å². The summed E-state index contributed by atoms with van der Waals surface area (Å²) in [5, 5.41) is 5.26. The number of sulfonamides is 1. The van der Waals surface area contributed by atoms with Crippen molar-refractivity contribution >= 4 is 49.2 Å². The molecule has 0 aliphatic carbocycles. The number of thiazole rings is 1. The fourth-order valence-corrected chi connectivity index (χ4v) is 5.30. The maximum Gasteiger partial charge on any atom is 0.279 e. The first-order valence-corrected chi connectivity index (χ1v) is 12.7. The number of nitrogens with two attached hydrogens (primary N) is 1. The number of aromatic nitrogens is 1. The van der Waals surface area contributed by atoms with Gasteiger partial charge in [-0.05, 0) is 49.1 Å². The number of benzene rings is 2. The fourth-order valence-electron chi connectivity index (χ4n) is 2.87. The van der Waals surface area contributed by atoms with Gasteiger partial charge < -0.3 is 9.30 Å². The van der Waals surface area contributed by atoms with Gasteiger partial charge in [0.1, 0.15) is 0 Å². The lowest BCUT2D eigenvalue weighted by atomic mass is 10.2. The Morgan fingerprint density at radius 3 is 2.73 bits per heavy atom. The Morgan fingerprint density at radius 1 is 1.23 bits per heavy atom. The SMILES string of the molecule is CCOCCn1c(=NC(=O)c2cccc(SCC)c2)sc2cc(S(N)(=O)=O)ccc21. The van der Waals surface area contributed by atoms with Gasteiger partial charge in [-0.1, -0.05) is 24.3 Å². The molecule has 0 fully saturated rings. The molecule has 7 nitrogen and oxygen atoms in total. The van der Waals surface area contributed by atoms with Crippen LogP contribution in [0.15, 0.2) is 57.2 Å². The first kappa shape index (κ1) is 22.7. The van der Waals surface area contributed by atoms with E-state index in [0.29, 0.717) is 34.8 Å². The van der Waals surface area contributed by atoms with Crippen molar-refractivity contribution in [1.29, 1.82) is 0 Å². The number of nitrogens with zero attached hydrogens (tertiary/aromatic N) is 2. The molecule has 0 aliphatic heterocycles. The quantitative estimate of drug-likeness (QED) is 0.406. The number of ether oxygens (including phenoxy) is 1. The van der Waals surface area contributed by atoms with Crippen molar-refractivity contribution in [3.05, 3.63) is 52.8 Å². The number of fused-ring (bicyclic) bond motifs is 1. The van der Waals surface area contributed by atoms with E-state index in [4.69, 9.17) is 9.88 Å². The molecule has 160 valence electrons. The number of rotatable bonds is 8. The van der Waals surface area contributed by atoms with E-state index in [0.717, 1.165) is 16.2 Å². The lowest BCUT2D eigenvalue weighted by Crippen LogP contribution is -2.19. The van der Waals surface area contributed by atoms with Gasteiger partial charge in [0.05, 0.1) is 21.7 Å². The van der Waals surface area contributed by atoms with Gasteiger partial charge in [0.15, 0.2) is 4.80 Å². The zero-order chi connectivity index (χ0) is 21.7. The Morgan fingerprint density at radius 2 is 2.03 bits per heavy atom. The summed E-state index contributed by atoms with van der Waals surface area (Å²) in [7, 11) is -3.82. The topological polar surface area (TPSA) is 104 Å². The molecule has 0 spiro atoms. The standard InChI is InChI=1S/C20H23N3O4S3/c1-3-27-11-10-23-17-9-8-16(30(21,25)26)13-18(17)29-20(23)22-19(24)14-6-5-7-15(12-14)28-4-2/h5-9,12-13H,3-4,10-11H2,1-2H3,(H2,21,25,26). The summed E-state index contributed by atoms with van der Waals surface area (Å²) in [5.74, 6) is 0.562. The van der Waals surface area contributed by atoms with Crippen LogP contribution in [0.25, 0.3) is 10.2 Å². The molecule has 1 heterocycles. The largest absolute Gasteiger partial charge is 0.380 e. The van der Waals surface area contributed by atoms with Gasteiger partial charge in [-0.3, -0.25) is 4.79 Å². The molecule has 0 saturated heterocycles.